The smallest absolute Gasteiger partial charge is 0.0746 e. The molecule has 1 aliphatic heterocycles. The van der Waals surface area contributed by atoms with Crippen molar-refractivity contribution in [3.8, 4) is 0 Å². The maximum absolute atomic E-state index is 4.41. The van der Waals surface area contributed by atoms with Crippen LogP contribution in [0.25, 0.3) is 16.5 Å². The highest BCUT2D eigenvalue weighted by molar-refractivity contribution is 5.90. The maximum atomic E-state index is 4.41. The van der Waals surface area contributed by atoms with Crippen molar-refractivity contribution >= 4 is 16.5 Å². The van der Waals surface area contributed by atoms with E-state index in [1.807, 2.05) is 13.1 Å². The van der Waals surface area contributed by atoms with Gasteiger partial charge < -0.3 is 4.57 Å². The minimum absolute atomic E-state index is 1.05. The highest BCUT2D eigenvalue weighted by Gasteiger charge is 2.16. The van der Waals surface area contributed by atoms with Crippen LogP contribution >= 0.6 is 0 Å². The third-order valence-corrected chi connectivity index (χ3v) is 3.13. The van der Waals surface area contributed by atoms with E-state index in [9.17, 15) is 0 Å². The van der Waals surface area contributed by atoms with Gasteiger partial charge in [0.25, 0.3) is 0 Å². The number of aromatic nitrogens is 2. The predicted octanol–water partition coefficient (Wildman–Crippen LogP) is 3.02. The molecule has 0 saturated heterocycles. The van der Waals surface area contributed by atoms with Gasteiger partial charge in [-0.05, 0) is 37.5 Å². The van der Waals surface area contributed by atoms with E-state index in [-0.39, 0.29) is 0 Å². The van der Waals surface area contributed by atoms with Gasteiger partial charge in [0.15, 0.2) is 0 Å². The Balaban J connectivity index is 2.37. The molecular formula is C13H14N2. The molecule has 0 bridgehead atoms. The zero-order valence-electron chi connectivity index (χ0n) is 8.95. The largest absolute Gasteiger partial charge is 0.344 e. The van der Waals surface area contributed by atoms with Crippen molar-refractivity contribution in [3.05, 3.63) is 36.3 Å². The molecule has 2 aromatic heterocycles. The maximum Gasteiger partial charge on any atom is 0.0746 e. The Labute approximate surface area is 89.2 Å². The van der Waals surface area contributed by atoms with Gasteiger partial charge in [0.2, 0.25) is 0 Å². The normalized spacial score (nSPS) is 14.5. The molecule has 15 heavy (non-hydrogen) atoms. The second-order valence-electron chi connectivity index (χ2n) is 4.26. The molecule has 3 rings (SSSR count). The van der Waals surface area contributed by atoms with Gasteiger partial charge in [-0.25, -0.2) is 0 Å². The van der Waals surface area contributed by atoms with Crippen LogP contribution in [-0.2, 0) is 13.0 Å². The Hall–Kier alpha value is -1.57. The first-order valence-corrected chi connectivity index (χ1v) is 5.40. The molecule has 76 valence electrons. The first kappa shape index (κ1) is 8.72. The molecule has 3 heterocycles. The Morgan fingerprint density at radius 3 is 3.20 bits per heavy atom. The van der Waals surface area contributed by atoms with Crippen molar-refractivity contribution in [1.82, 2.24) is 9.55 Å². The molecule has 0 spiro atoms. The van der Waals surface area contributed by atoms with Crippen LogP contribution in [0, 0.1) is 0 Å². The van der Waals surface area contributed by atoms with Crippen molar-refractivity contribution in [3.63, 3.8) is 0 Å². The lowest BCUT2D eigenvalue weighted by molar-refractivity contribution is 0.772. The summed E-state index contributed by atoms with van der Waals surface area (Å²) in [5.41, 5.74) is 4.86. The molecule has 1 aliphatic rings. The molecule has 0 unspecified atom stereocenters. The summed E-state index contributed by atoms with van der Waals surface area (Å²) in [5.74, 6) is 0. The van der Waals surface area contributed by atoms with Crippen LogP contribution < -0.4 is 0 Å². The van der Waals surface area contributed by atoms with Gasteiger partial charge in [0, 0.05) is 23.8 Å². The Kier molecular flexibility index (Phi) is 1.72. The molecular weight excluding hydrogens is 184 g/mol. The summed E-state index contributed by atoms with van der Waals surface area (Å²) in [4.78, 5) is 4.41. The molecule has 0 aliphatic carbocycles. The first-order chi connectivity index (χ1) is 7.27. The lowest BCUT2D eigenvalue weighted by atomic mass is 10.1. The summed E-state index contributed by atoms with van der Waals surface area (Å²) in [5, 5.41) is 1.26. The number of rotatable bonds is 1. The van der Waals surface area contributed by atoms with Crippen molar-refractivity contribution in [2.75, 3.05) is 0 Å². The van der Waals surface area contributed by atoms with Crippen molar-refractivity contribution < 1.29 is 0 Å². The van der Waals surface area contributed by atoms with Crippen LogP contribution in [0.15, 0.2) is 24.9 Å². The predicted molar refractivity (Wildman–Crippen MR) is 62.8 cm³/mol. The molecule has 2 nitrogen and oxygen atoms in total. The van der Waals surface area contributed by atoms with Crippen molar-refractivity contribution in [2.45, 2.75) is 26.3 Å². The summed E-state index contributed by atoms with van der Waals surface area (Å²) >= 11 is 0. The second kappa shape index (κ2) is 2.96. The zero-order valence-corrected chi connectivity index (χ0v) is 8.95. The van der Waals surface area contributed by atoms with E-state index < -0.39 is 0 Å². The van der Waals surface area contributed by atoms with E-state index in [0.717, 1.165) is 17.8 Å². The Morgan fingerprint density at radius 2 is 2.40 bits per heavy atom. The highest BCUT2D eigenvalue weighted by atomic mass is 15.0. The number of allylic oxidation sites excluding steroid dienone is 1. The summed E-state index contributed by atoms with van der Waals surface area (Å²) in [6, 6.07) is 4.38. The van der Waals surface area contributed by atoms with Crippen LogP contribution in [0.5, 0.6) is 0 Å². The van der Waals surface area contributed by atoms with Gasteiger partial charge in [0.05, 0.1) is 11.2 Å². The fourth-order valence-electron chi connectivity index (χ4n) is 2.47. The topological polar surface area (TPSA) is 17.8 Å². The molecule has 0 fully saturated rings. The third kappa shape index (κ3) is 1.14. The van der Waals surface area contributed by atoms with E-state index in [1.165, 1.54) is 29.4 Å². The van der Waals surface area contributed by atoms with Crippen LogP contribution in [0.1, 0.15) is 24.7 Å². The van der Waals surface area contributed by atoms with Crippen LogP contribution in [0.4, 0.5) is 0 Å². The number of hydrogen-bond acceptors (Lipinski definition) is 1. The molecule has 0 radical (unpaired) electrons. The number of nitrogens with zero attached hydrogens (tertiary/aromatic N) is 2. The van der Waals surface area contributed by atoms with Crippen molar-refractivity contribution in [1.29, 1.82) is 0 Å². The van der Waals surface area contributed by atoms with Gasteiger partial charge in [-0.3, -0.25) is 4.98 Å². The minimum atomic E-state index is 1.05. The van der Waals surface area contributed by atoms with E-state index in [4.69, 9.17) is 0 Å². The number of pyridine rings is 1. The fourth-order valence-corrected chi connectivity index (χ4v) is 2.47. The molecule has 0 amide bonds. The van der Waals surface area contributed by atoms with Gasteiger partial charge in [-0.1, -0.05) is 6.58 Å². The number of aryl methyl sites for hydroxylation is 2. The minimum Gasteiger partial charge on any atom is -0.344 e. The quantitative estimate of drug-likeness (QED) is 0.688. The van der Waals surface area contributed by atoms with Gasteiger partial charge in [-0.2, -0.15) is 0 Å². The lowest BCUT2D eigenvalue weighted by Crippen LogP contribution is -1.92. The number of hydrogen-bond donors (Lipinski definition) is 0. The second-order valence-corrected chi connectivity index (χ2v) is 4.26. The van der Waals surface area contributed by atoms with Crippen molar-refractivity contribution in [2.24, 2.45) is 0 Å². The molecule has 2 heteroatoms. The zero-order chi connectivity index (χ0) is 10.4. The highest BCUT2D eigenvalue weighted by Crippen LogP contribution is 2.29. The lowest BCUT2D eigenvalue weighted by Gasteiger charge is -2.03. The summed E-state index contributed by atoms with van der Waals surface area (Å²) in [7, 11) is 0. The van der Waals surface area contributed by atoms with E-state index in [1.54, 1.807) is 0 Å². The molecule has 0 aromatic carbocycles. The summed E-state index contributed by atoms with van der Waals surface area (Å²) in [6.45, 7) is 7.16. The molecule has 0 saturated carbocycles. The first-order valence-electron chi connectivity index (χ1n) is 5.40. The Morgan fingerprint density at radius 1 is 1.53 bits per heavy atom. The monoisotopic (exact) mass is 198 g/mol. The average molecular weight is 198 g/mol. The SMILES string of the molecule is C=C(C)c1nccc2c1cc1n2CCC1. The van der Waals surface area contributed by atoms with Gasteiger partial charge >= 0.3 is 0 Å². The fraction of sp³-hybridized carbons (Fsp3) is 0.308. The van der Waals surface area contributed by atoms with Crippen LogP contribution in [-0.4, -0.2) is 9.55 Å². The van der Waals surface area contributed by atoms with Crippen LogP contribution in [0.2, 0.25) is 0 Å². The molecule has 0 atom stereocenters. The molecule has 0 N–H and O–H groups in total. The summed E-state index contributed by atoms with van der Waals surface area (Å²) < 4.78 is 2.41. The van der Waals surface area contributed by atoms with E-state index >= 15 is 0 Å². The number of fused-ring (bicyclic) bond motifs is 3. The average Bonchev–Trinajstić information content (AvgIpc) is 2.75. The van der Waals surface area contributed by atoms with Crippen LogP contribution in [0.3, 0.4) is 0 Å². The summed E-state index contributed by atoms with van der Waals surface area (Å²) in [6.07, 6.45) is 4.36. The van der Waals surface area contributed by atoms with Gasteiger partial charge in [-0.15, -0.1) is 0 Å². The standard InChI is InChI=1S/C13H14N2/c1-9(2)13-11-8-10-4-3-7-15(10)12(11)5-6-14-13/h5-6,8H,1,3-4,7H2,2H3. The Bertz CT molecular complexity index is 549. The van der Waals surface area contributed by atoms with E-state index in [0.29, 0.717) is 0 Å². The van der Waals surface area contributed by atoms with E-state index in [2.05, 4.69) is 28.3 Å². The molecule has 2 aromatic rings. The van der Waals surface area contributed by atoms with Gasteiger partial charge in [0.1, 0.15) is 0 Å². The third-order valence-electron chi connectivity index (χ3n) is 3.13.